The average Bonchev–Trinajstić information content (AvgIpc) is 3.43. The highest BCUT2D eigenvalue weighted by Crippen LogP contribution is 2.39. The Labute approximate surface area is 223 Å². The molecule has 3 aromatic carbocycles. The van der Waals surface area contributed by atoms with E-state index in [2.05, 4.69) is 10.3 Å². The van der Waals surface area contributed by atoms with E-state index >= 15 is 0 Å². The molecular weight excluding hydrogens is 511 g/mol. The lowest BCUT2D eigenvalue weighted by Crippen LogP contribution is -2.25. The molecule has 37 heavy (non-hydrogen) atoms. The van der Waals surface area contributed by atoms with Crippen molar-refractivity contribution in [2.75, 3.05) is 5.32 Å². The van der Waals surface area contributed by atoms with Crippen molar-refractivity contribution in [3.8, 4) is 0 Å². The fraction of sp³-hybridized carbons (Fsp3) is 0.214. The van der Waals surface area contributed by atoms with Gasteiger partial charge in [0.25, 0.3) is 5.91 Å². The standard InChI is InChI=1S/C28H24ClFN4O2S/c1-16-10-17(2)12-22(11-16)31-26(35)15-25-27(36)32-28(37-25)34-24(19-4-3-5-20(29)13-19)14-23(33-34)18-6-8-21(30)9-7-18/h3-13,24-25H,14-15H2,1-2H3,(H,31,35)/t24-,25-/m1/s1. The van der Waals surface area contributed by atoms with Crippen LogP contribution in [-0.2, 0) is 9.59 Å². The van der Waals surface area contributed by atoms with Gasteiger partial charge in [0.1, 0.15) is 11.1 Å². The van der Waals surface area contributed by atoms with E-state index in [1.807, 2.05) is 50.2 Å². The summed E-state index contributed by atoms with van der Waals surface area (Å²) in [5, 5.41) is 9.75. The van der Waals surface area contributed by atoms with Gasteiger partial charge >= 0.3 is 0 Å². The first-order valence-electron chi connectivity index (χ1n) is 11.8. The third-order valence-electron chi connectivity index (χ3n) is 6.12. The van der Waals surface area contributed by atoms with Crippen LogP contribution in [-0.4, -0.2) is 33.0 Å². The van der Waals surface area contributed by atoms with Gasteiger partial charge in [0, 0.05) is 23.6 Å². The van der Waals surface area contributed by atoms with Gasteiger partial charge in [-0.15, -0.1) is 0 Å². The summed E-state index contributed by atoms with van der Waals surface area (Å²) < 4.78 is 13.5. The van der Waals surface area contributed by atoms with Gasteiger partial charge in [-0.1, -0.05) is 53.7 Å². The summed E-state index contributed by atoms with van der Waals surface area (Å²) in [4.78, 5) is 29.8. The minimum atomic E-state index is -0.647. The van der Waals surface area contributed by atoms with E-state index in [9.17, 15) is 14.0 Å². The fourth-order valence-corrected chi connectivity index (χ4v) is 5.77. The SMILES string of the molecule is Cc1cc(C)cc(NC(=O)C[C@H]2SC(N3N=C(c4ccc(F)cc4)C[C@@H]3c3cccc(Cl)c3)=NC2=O)c1. The fourth-order valence-electron chi connectivity index (χ4n) is 4.51. The highest BCUT2D eigenvalue weighted by molar-refractivity contribution is 8.15. The predicted octanol–water partition coefficient (Wildman–Crippen LogP) is 6.27. The molecule has 2 amide bonds. The summed E-state index contributed by atoms with van der Waals surface area (Å²) in [6.45, 7) is 3.93. The molecule has 2 aliphatic heterocycles. The smallest absolute Gasteiger partial charge is 0.262 e. The van der Waals surface area contributed by atoms with E-state index < -0.39 is 5.25 Å². The Morgan fingerprint density at radius 2 is 1.84 bits per heavy atom. The molecule has 188 valence electrons. The highest BCUT2D eigenvalue weighted by atomic mass is 35.5. The van der Waals surface area contributed by atoms with Crippen molar-refractivity contribution in [1.29, 1.82) is 0 Å². The van der Waals surface area contributed by atoms with Gasteiger partial charge in [0.2, 0.25) is 5.91 Å². The molecule has 0 aromatic heterocycles. The summed E-state index contributed by atoms with van der Waals surface area (Å²) >= 11 is 7.49. The van der Waals surface area contributed by atoms with E-state index in [0.717, 1.165) is 28.0 Å². The maximum Gasteiger partial charge on any atom is 0.262 e. The lowest BCUT2D eigenvalue weighted by molar-refractivity contribution is -0.121. The average molecular weight is 535 g/mol. The number of hydrogen-bond acceptors (Lipinski definition) is 5. The maximum atomic E-state index is 13.5. The number of aryl methyl sites for hydroxylation is 2. The number of nitrogens with zero attached hydrogens (tertiary/aromatic N) is 3. The third-order valence-corrected chi connectivity index (χ3v) is 7.50. The first-order valence-corrected chi connectivity index (χ1v) is 13.1. The molecule has 9 heteroatoms. The van der Waals surface area contributed by atoms with Gasteiger partial charge in [0.15, 0.2) is 5.17 Å². The Balaban J connectivity index is 1.35. The van der Waals surface area contributed by atoms with Gasteiger partial charge in [0.05, 0.1) is 11.8 Å². The van der Waals surface area contributed by atoms with Crippen molar-refractivity contribution in [1.82, 2.24) is 5.01 Å². The minimum Gasteiger partial charge on any atom is -0.326 e. The van der Waals surface area contributed by atoms with Crippen LogP contribution < -0.4 is 5.32 Å². The topological polar surface area (TPSA) is 74.1 Å². The lowest BCUT2D eigenvalue weighted by atomic mass is 9.98. The van der Waals surface area contributed by atoms with Crippen molar-refractivity contribution in [2.45, 2.75) is 38.0 Å². The number of hydrazone groups is 1. The van der Waals surface area contributed by atoms with Gasteiger partial charge in [-0.2, -0.15) is 10.1 Å². The normalized spacial score (nSPS) is 19.1. The van der Waals surface area contributed by atoms with Crippen molar-refractivity contribution >= 4 is 51.7 Å². The minimum absolute atomic E-state index is 0.00626. The monoisotopic (exact) mass is 534 g/mol. The molecule has 5 rings (SSSR count). The largest absolute Gasteiger partial charge is 0.326 e. The molecule has 3 aromatic rings. The molecule has 1 N–H and O–H groups in total. The number of rotatable bonds is 5. The number of anilines is 1. The van der Waals surface area contributed by atoms with Crippen molar-refractivity contribution in [2.24, 2.45) is 10.1 Å². The van der Waals surface area contributed by atoms with Crippen LogP contribution in [0.25, 0.3) is 0 Å². The van der Waals surface area contributed by atoms with Crippen molar-refractivity contribution in [3.63, 3.8) is 0 Å². The van der Waals surface area contributed by atoms with Crippen molar-refractivity contribution in [3.05, 3.63) is 99.8 Å². The van der Waals surface area contributed by atoms with Crippen LogP contribution in [0.2, 0.25) is 5.02 Å². The Morgan fingerprint density at radius 1 is 1.11 bits per heavy atom. The van der Waals surface area contributed by atoms with Crippen LogP contribution in [0.1, 0.15) is 41.1 Å². The van der Waals surface area contributed by atoms with Crippen LogP contribution in [0, 0.1) is 19.7 Å². The zero-order chi connectivity index (χ0) is 26.1. The summed E-state index contributed by atoms with van der Waals surface area (Å²) in [6, 6.07) is 19.2. The molecule has 0 radical (unpaired) electrons. The summed E-state index contributed by atoms with van der Waals surface area (Å²) in [6.07, 6.45) is 0.519. The Morgan fingerprint density at radius 3 is 2.54 bits per heavy atom. The van der Waals surface area contributed by atoms with Crippen LogP contribution in [0.3, 0.4) is 0 Å². The van der Waals surface area contributed by atoms with E-state index in [0.29, 0.717) is 22.3 Å². The molecular formula is C28H24ClFN4O2S. The number of nitrogens with one attached hydrogen (secondary N) is 1. The van der Waals surface area contributed by atoms with Crippen LogP contribution in [0.5, 0.6) is 0 Å². The Bertz CT molecular complexity index is 1420. The van der Waals surface area contributed by atoms with Crippen LogP contribution in [0.4, 0.5) is 10.1 Å². The van der Waals surface area contributed by atoms with E-state index in [1.165, 1.54) is 23.9 Å². The van der Waals surface area contributed by atoms with Crippen LogP contribution in [0.15, 0.2) is 76.8 Å². The quantitative estimate of drug-likeness (QED) is 0.418. The number of halogens is 2. The Hall–Kier alpha value is -3.49. The second kappa shape index (κ2) is 10.5. The number of benzene rings is 3. The van der Waals surface area contributed by atoms with Gasteiger partial charge < -0.3 is 5.32 Å². The van der Waals surface area contributed by atoms with E-state index in [4.69, 9.17) is 16.7 Å². The zero-order valence-corrected chi connectivity index (χ0v) is 21.8. The second-order valence-corrected chi connectivity index (χ2v) is 10.7. The maximum absolute atomic E-state index is 13.5. The summed E-state index contributed by atoms with van der Waals surface area (Å²) in [5.74, 6) is -0.949. The first-order chi connectivity index (χ1) is 17.7. The van der Waals surface area contributed by atoms with Gasteiger partial charge in [-0.05, 0) is 72.5 Å². The number of aliphatic imine (C=N–C) groups is 1. The van der Waals surface area contributed by atoms with E-state index in [1.54, 1.807) is 23.2 Å². The molecule has 2 atom stereocenters. The number of amides is 2. The molecule has 0 aliphatic carbocycles. The lowest BCUT2D eigenvalue weighted by Gasteiger charge is -2.23. The number of carbonyl (C=O) groups excluding carboxylic acids is 2. The molecule has 0 fully saturated rings. The molecule has 0 unspecified atom stereocenters. The predicted molar refractivity (Wildman–Crippen MR) is 147 cm³/mol. The number of thioether (sulfide) groups is 1. The van der Waals surface area contributed by atoms with E-state index in [-0.39, 0.29) is 30.1 Å². The molecule has 0 bridgehead atoms. The summed E-state index contributed by atoms with van der Waals surface area (Å²) in [5.41, 5.74) is 5.24. The zero-order valence-electron chi connectivity index (χ0n) is 20.2. The van der Waals surface area contributed by atoms with Gasteiger partial charge in [-0.3, -0.25) is 9.59 Å². The number of hydrogen-bond donors (Lipinski definition) is 1. The first kappa shape index (κ1) is 25.2. The van der Waals surface area contributed by atoms with Gasteiger partial charge in [-0.25, -0.2) is 9.40 Å². The summed E-state index contributed by atoms with van der Waals surface area (Å²) in [7, 11) is 0. The third kappa shape index (κ3) is 5.76. The molecule has 2 aliphatic rings. The van der Waals surface area contributed by atoms with Crippen molar-refractivity contribution < 1.29 is 14.0 Å². The molecule has 0 saturated heterocycles. The number of carbonyl (C=O) groups is 2. The molecule has 6 nitrogen and oxygen atoms in total. The molecule has 0 saturated carbocycles. The van der Waals surface area contributed by atoms with Crippen LogP contribution >= 0.6 is 23.4 Å². The Kier molecular flexibility index (Phi) is 7.13. The second-order valence-electron chi connectivity index (χ2n) is 9.14. The molecule has 2 heterocycles. The molecule has 0 spiro atoms. The number of amidine groups is 1. The highest BCUT2D eigenvalue weighted by Gasteiger charge is 2.39.